The van der Waals surface area contributed by atoms with Crippen LogP contribution in [-0.2, 0) is 14.3 Å². The monoisotopic (exact) mass is 277 g/mol. The van der Waals surface area contributed by atoms with Crippen LogP contribution in [0.2, 0.25) is 0 Å². The molecule has 3 aliphatic carbocycles. The second-order valence-corrected chi connectivity index (χ2v) is 6.35. The van der Waals surface area contributed by atoms with Crippen LogP contribution < -0.4 is 5.32 Å². The van der Waals surface area contributed by atoms with Crippen molar-refractivity contribution in [3.63, 3.8) is 0 Å². The topological polar surface area (TPSA) is 55.4 Å². The maximum Gasteiger partial charge on any atom is 0.308 e. The first-order valence-corrected chi connectivity index (χ1v) is 7.82. The number of carbonyl (C=O) groups is 2. The minimum atomic E-state index is -0.105. The Kier molecular flexibility index (Phi) is 3.81. The lowest BCUT2D eigenvalue weighted by molar-refractivity contribution is -0.147. The van der Waals surface area contributed by atoms with Crippen LogP contribution >= 0.6 is 0 Å². The molecule has 0 radical (unpaired) electrons. The molecule has 0 aromatic carbocycles. The lowest BCUT2D eigenvalue weighted by Crippen LogP contribution is -2.39. The molecule has 1 N–H and O–H groups in total. The number of esters is 1. The lowest BCUT2D eigenvalue weighted by atomic mass is 9.92. The molecule has 2 fully saturated rings. The molecule has 4 heteroatoms. The highest BCUT2D eigenvalue weighted by atomic mass is 16.5. The van der Waals surface area contributed by atoms with E-state index in [1.165, 1.54) is 0 Å². The minimum absolute atomic E-state index is 0.0276. The minimum Gasteiger partial charge on any atom is -0.466 e. The molecular weight excluding hydrogens is 254 g/mol. The number of ether oxygens (including phenoxy) is 1. The quantitative estimate of drug-likeness (QED) is 0.632. The summed E-state index contributed by atoms with van der Waals surface area (Å²) in [5.74, 6) is 1.28. The predicted octanol–water partition coefficient (Wildman–Crippen LogP) is 2.05. The molecule has 110 valence electrons. The Morgan fingerprint density at radius 3 is 2.70 bits per heavy atom. The highest BCUT2D eigenvalue weighted by Gasteiger charge is 2.41. The standard InChI is InChI=1S/C16H23NO3/c1-2-20-16(19)12-5-6-13(9-12)17-15(18)14-8-10-3-4-11(14)7-10/h3-4,10-14H,2,5-9H2,1H3,(H,17,18)/t10-,11-,12+,13-,14-/m0/s1. The third-order valence-electron chi connectivity index (χ3n) is 5.01. The van der Waals surface area contributed by atoms with Crippen molar-refractivity contribution >= 4 is 11.9 Å². The molecule has 3 aliphatic rings. The van der Waals surface area contributed by atoms with Crippen molar-refractivity contribution < 1.29 is 14.3 Å². The fourth-order valence-corrected chi connectivity index (χ4v) is 3.98. The van der Waals surface area contributed by atoms with Gasteiger partial charge in [0.05, 0.1) is 12.5 Å². The number of allylic oxidation sites excluding steroid dienone is 2. The second kappa shape index (κ2) is 5.58. The fraction of sp³-hybridized carbons (Fsp3) is 0.750. The summed E-state index contributed by atoms with van der Waals surface area (Å²) in [6.45, 7) is 2.26. The summed E-state index contributed by atoms with van der Waals surface area (Å²) >= 11 is 0. The molecule has 5 atom stereocenters. The zero-order valence-electron chi connectivity index (χ0n) is 12.0. The molecule has 2 bridgehead atoms. The van der Waals surface area contributed by atoms with E-state index in [9.17, 15) is 9.59 Å². The average molecular weight is 277 g/mol. The molecule has 2 saturated carbocycles. The molecule has 0 aromatic rings. The van der Waals surface area contributed by atoms with Crippen molar-refractivity contribution in [3.8, 4) is 0 Å². The molecule has 1 amide bonds. The van der Waals surface area contributed by atoms with E-state index in [1.54, 1.807) is 0 Å². The molecule has 0 aliphatic heterocycles. The molecule has 20 heavy (non-hydrogen) atoms. The Bertz CT molecular complexity index is 431. The summed E-state index contributed by atoms with van der Waals surface area (Å²) in [6, 6.07) is 0.153. The molecule has 0 unspecified atom stereocenters. The number of rotatable bonds is 4. The van der Waals surface area contributed by atoms with E-state index in [1.807, 2.05) is 6.92 Å². The largest absolute Gasteiger partial charge is 0.466 e. The molecule has 4 nitrogen and oxygen atoms in total. The normalized spacial score (nSPS) is 38.1. The number of hydrogen-bond acceptors (Lipinski definition) is 3. The smallest absolute Gasteiger partial charge is 0.308 e. The number of fused-ring (bicyclic) bond motifs is 2. The third kappa shape index (κ3) is 2.60. The number of amides is 1. The van der Waals surface area contributed by atoms with E-state index in [2.05, 4.69) is 17.5 Å². The van der Waals surface area contributed by atoms with Gasteiger partial charge in [-0.05, 0) is 50.9 Å². The van der Waals surface area contributed by atoms with Gasteiger partial charge in [-0.15, -0.1) is 0 Å². The van der Waals surface area contributed by atoms with Gasteiger partial charge in [0.2, 0.25) is 5.91 Å². The fourth-order valence-electron chi connectivity index (χ4n) is 3.98. The van der Waals surface area contributed by atoms with E-state index in [4.69, 9.17) is 4.74 Å². The molecule has 0 aromatic heterocycles. The maximum absolute atomic E-state index is 12.3. The van der Waals surface area contributed by atoms with Gasteiger partial charge >= 0.3 is 5.97 Å². The first-order chi connectivity index (χ1) is 9.67. The summed E-state index contributed by atoms with van der Waals surface area (Å²) < 4.78 is 5.06. The van der Waals surface area contributed by atoms with Gasteiger partial charge in [0, 0.05) is 12.0 Å². The second-order valence-electron chi connectivity index (χ2n) is 6.35. The van der Waals surface area contributed by atoms with E-state index in [0.29, 0.717) is 18.4 Å². The molecule has 3 rings (SSSR count). The summed E-state index contributed by atoms with van der Waals surface area (Å²) in [6.07, 6.45) is 9.07. The molecular formula is C16H23NO3. The SMILES string of the molecule is CCOC(=O)[C@@H]1CC[C@H](NC(=O)[C@H]2C[C@H]3C=C[C@H]2C3)C1. The Labute approximate surface area is 119 Å². The van der Waals surface area contributed by atoms with Crippen molar-refractivity contribution in [2.45, 2.75) is 45.1 Å². The zero-order chi connectivity index (χ0) is 14.1. The van der Waals surface area contributed by atoms with Gasteiger partial charge in [-0.3, -0.25) is 9.59 Å². The van der Waals surface area contributed by atoms with Crippen LogP contribution in [0.5, 0.6) is 0 Å². The highest BCUT2D eigenvalue weighted by Crippen LogP contribution is 2.43. The van der Waals surface area contributed by atoms with Gasteiger partial charge < -0.3 is 10.1 Å². The molecule has 0 heterocycles. The van der Waals surface area contributed by atoms with Gasteiger partial charge in [-0.25, -0.2) is 0 Å². The van der Waals surface area contributed by atoms with Gasteiger partial charge in [-0.1, -0.05) is 12.2 Å². The lowest BCUT2D eigenvalue weighted by Gasteiger charge is -2.20. The summed E-state index contributed by atoms with van der Waals surface area (Å²) in [7, 11) is 0. The zero-order valence-corrected chi connectivity index (χ0v) is 12.0. The van der Waals surface area contributed by atoms with E-state index < -0.39 is 0 Å². The highest BCUT2D eigenvalue weighted by molar-refractivity contribution is 5.80. The third-order valence-corrected chi connectivity index (χ3v) is 5.01. The van der Waals surface area contributed by atoms with Crippen LogP contribution in [-0.4, -0.2) is 24.5 Å². The van der Waals surface area contributed by atoms with E-state index in [0.717, 1.165) is 32.1 Å². The van der Waals surface area contributed by atoms with Crippen LogP contribution in [0.1, 0.15) is 39.0 Å². The van der Waals surface area contributed by atoms with E-state index >= 15 is 0 Å². The van der Waals surface area contributed by atoms with Crippen LogP contribution in [0, 0.1) is 23.7 Å². The van der Waals surface area contributed by atoms with Gasteiger partial charge in [0.1, 0.15) is 0 Å². The van der Waals surface area contributed by atoms with Crippen LogP contribution in [0.4, 0.5) is 0 Å². The first kappa shape index (κ1) is 13.7. The number of nitrogens with one attached hydrogen (secondary N) is 1. The van der Waals surface area contributed by atoms with Gasteiger partial charge in [0.15, 0.2) is 0 Å². The Hall–Kier alpha value is -1.32. The number of hydrogen-bond donors (Lipinski definition) is 1. The summed E-state index contributed by atoms with van der Waals surface area (Å²) in [4.78, 5) is 24.0. The van der Waals surface area contributed by atoms with Crippen LogP contribution in [0.15, 0.2) is 12.2 Å². The van der Waals surface area contributed by atoms with Crippen LogP contribution in [0.25, 0.3) is 0 Å². The Morgan fingerprint density at radius 2 is 2.05 bits per heavy atom. The van der Waals surface area contributed by atoms with E-state index in [-0.39, 0.29) is 29.8 Å². The average Bonchev–Trinajstić information content (AvgIpc) is 3.14. The van der Waals surface area contributed by atoms with Gasteiger partial charge in [-0.2, -0.15) is 0 Å². The number of carbonyl (C=O) groups excluding carboxylic acids is 2. The van der Waals surface area contributed by atoms with Gasteiger partial charge in [0.25, 0.3) is 0 Å². The van der Waals surface area contributed by atoms with Crippen molar-refractivity contribution in [1.82, 2.24) is 5.32 Å². The van der Waals surface area contributed by atoms with Crippen molar-refractivity contribution in [2.75, 3.05) is 6.61 Å². The summed E-state index contributed by atoms with van der Waals surface area (Å²) in [5.41, 5.74) is 0. The van der Waals surface area contributed by atoms with Crippen molar-refractivity contribution in [3.05, 3.63) is 12.2 Å². The van der Waals surface area contributed by atoms with Crippen LogP contribution in [0.3, 0.4) is 0 Å². The maximum atomic E-state index is 12.3. The predicted molar refractivity (Wildman–Crippen MR) is 74.7 cm³/mol. The Balaban J connectivity index is 1.48. The first-order valence-electron chi connectivity index (χ1n) is 7.82. The summed E-state index contributed by atoms with van der Waals surface area (Å²) in [5, 5.41) is 3.15. The van der Waals surface area contributed by atoms with Crippen molar-refractivity contribution in [2.24, 2.45) is 23.7 Å². The molecule has 0 spiro atoms. The van der Waals surface area contributed by atoms with Crippen molar-refractivity contribution in [1.29, 1.82) is 0 Å². The Morgan fingerprint density at radius 1 is 1.20 bits per heavy atom. The molecule has 0 saturated heterocycles.